The molecular weight excluding hydrogens is 410 g/mol. The first-order valence-electron chi connectivity index (χ1n) is 12.2. The first-order valence-corrected chi connectivity index (χ1v) is 12.2. The van der Waals surface area contributed by atoms with E-state index >= 15 is 0 Å². The lowest BCUT2D eigenvalue weighted by molar-refractivity contribution is 0.0282. The highest BCUT2D eigenvalue weighted by molar-refractivity contribution is 5.92. The number of aromatic nitrogens is 2. The van der Waals surface area contributed by atoms with Gasteiger partial charge in [-0.2, -0.15) is 0 Å². The summed E-state index contributed by atoms with van der Waals surface area (Å²) in [6.45, 7) is 15.0. The molecule has 1 aliphatic heterocycles. The molecule has 1 aliphatic rings. The lowest BCUT2D eigenvalue weighted by Gasteiger charge is -2.35. The monoisotopic (exact) mass is 449 g/mol. The van der Waals surface area contributed by atoms with Crippen LogP contribution in [0, 0.1) is 13.8 Å². The maximum atomic E-state index is 12.4. The number of aryl methyl sites for hydroxylation is 1. The Kier molecular flexibility index (Phi) is 6.32. The number of piperidine rings is 1. The molecule has 1 saturated heterocycles. The van der Waals surface area contributed by atoms with Gasteiger partial charge in [-0.15, -0.1) is 0 Å². The molecule has 0 radical (unpaired) electrons. The highest BCUT2D eigenvalue weighted by Crippen LogP contribution is 2.39. The number of hydrogen-bond donors (Lipinski definition) is 2. The molecular formula is C28H39N3O2. The molecule has 5 nitrogen and oxygen atoms in total. The molecule has 3 aromatic rings. The predicted molar refractivity (Wildman–Crippen MR) is 137 cm³/mol. The summed E-state index contributed by atoms with van der Waals surface area (Å²) in [5, 5.41) is 11.4. The number of pyridine rings is 1. The summed E-state index contributed by atoms with van der Waals surface area (Å²) >= 11 is 0. The molecule has 0 saturated carbocycles. The molecule has 4 rings (SSSR count). The molecule has 0 unspecified atom stereocenters. The van der Waals surface area contributed by atoms with Gasteiger partial charge in [0.05, 0.1) is 11.3 Å². The third-order valence-electron chi connectivity index (χ3n) is 7.27. The number of H-pyrrole nitrogens is 1. The number of nitrogens with one attached hydrogen (secondary N) is 1. The van der Waals surface area contributed by atoms with Crippen molar-refractivity contribution < 1.29 is 5.11 Å². The molecule has 3 heterocycles. The predicted octanol–water partition coefficient (Wildman–Crippen LogP) is 5.22. The molecule has 2 aromatic heterocycles. The van der Waals surface area contributed by atoms with E-state index in [1.165, 1.54) is 16.5 Å². The van der Waals surface area contributed by atoms with Gasteiger partial charge in [-0.1, -0.05) is 19.9 Å². The molecule has 0 atom stereocenters. The molecule has 2 N–H and O–H groups in total. The van der Waals surface area contributed by atoms with Gasteiger partial charge < -0.3 is 19.6 Å². The maximum absolute atomic E-state index is 12.4. The first-order chi connectivity index (χ1) is 15.5. The second-order valence-corrected chi connectivity index (χ2v) is 10.9. The third kappa shape index (κ3) is 4.67. The summed E-state index contributed by atoms with van der Waals surface area (Å²) in [4.78, 5) is 18.5. The van der Waals surface area contributed by atoms with E-state index in [-0.39, 0.29) is 5.56 Å². The van der Waals surface area contributed by atoms with Crippen molar-refractivity contribution in [1.29, 1.82) is 0 Å². The van der Waals surface area contributed by atoms with Gasteiger partial charge in [0.15, 0.2) is 0 Å². The Morgan fingerprint density at radius 3 is 2.42 bits per heavy atom. The Bertz CT molecular complexity index is 1220. The lowest BCUT2D eigenvalue weighted by Crippen LogP contribution is -2.42. The van der Waals surface area contributed by atoms with Crippen LogP contribution in [0.4, 0.5) is 0 Å². The van der Waals surface area contributed by atoms with Crippen LogP contribution in [-0.2, 0) is 7.05 Å². The minimum atomic E-state index is -0.642. The van der Waals surface area contributed by atoms with Crippen LogP contribution in [-0.4, -0.2) is 44.8 Å². The lowest BCUT2D eigenvalue weighted by atomic mass is 9.87. The van der Waals surface area contributed by atoms with E-state index < -0.39 is 5.60 Å². The number of likely N-dealkylation sites (tertiary alicyclic amines) is 1. The molecule has 178 valence electrons. The van der Waals surface area contributed by atoms with Crippen LogP contribution >= 0.6 is 0 Å². The molecule has 33 heavy (non-hydrogen) atoms. The smallest absolute Gasteiger partial charge is 0.253 e. The summed E-state index contributed by atoms with van der Waals surface area (Å²) in [5.74, 6) is 0.905. The minimum absolute atomic E-state index is 0.0664. The van der Waals surface area contributed by atoms with Crippen LogP contribution < -0.4 is 5.56 Å². The fraction of sp³-hybridized carbons (Fsp3) is 0.536. The van der Waals surface area contributed by atoms with Crippen molar-refractivity contribution in [2.75, 3.05) is 19.6 Å². The van der Waals surface area contributed by atoms with E-state index in [0.717, 1.165) is 60.5 Å². The number of benzene rings is 1. The van der Waals surface area contributed by atoms with Crippen molar-refractivity contribution in [2.45, 2.75) is 71.8 Å². The van der Waals surface area contributed by atoms with Gasteiger partial charge in [-0.05, 0) is 94.8 Å². The van der Waals surface area contributed by atoms with E-state index in [9.17, 15) is 9.90 Å². The van der Waals surface area contributed by atoms with Crippen molar-refractivity contribution >= 4 is 10.9 Å². The third-order valence-corrected chi connectivity index (χ3v) is 7.27. The normalized spacial score (nSPS) is 16.3. The number of hydrogen-bond acceptors (Lipinski definition) is 3. The van der Waals surface area contributed by atoms with Crippen LogP contribution in [0.5, 0.6) is 0 Å². The summed E-state index contributed by atoms with van der Waals surface area (Å²) in [5.41, 5.74) is 7.31. The fourth-order valence-corrected chi connectivity index (χ4v) is 5.50. The summed E-state index contributed by atoms with van der Waals surface area (Å²) < 4.78 is 1.76. The fourth-order valence-electron chi connectivity index (χ4n) is 5.50. The number of aliphatic hydroxyl groups is 1. The summed E-state index contributed by atoms with van der Waals surface area (Å²) in [7, 11) is 1.86. The van der Waals surface area contributed by atoms with Gasteiger partial charge in [0.1, 0.15) is 0 Å². The number of fused-ring (bicyclic) bond motifs is 1. The molecule has 0 spiro atoms. The average molecular weight is 450 g/mol. The van der Waals surface area contributed by atoms with Gasteiger partial charge >= 0.3 is 0 Å². The van der Waals surface area contributed by atoms with E-state index in [4.69, 9.17) is 0 Å². The zero-order valence-corrected chi connectivity index (χ0v) is 21.2. The van der Waals surface area contributed by atoms with Crippen LogP contribution in [0.2, 0.25) is 0 Å². The minimum Gasteiger partial charge on any atom is -0.389 e. The topological polar surface area (TPSA) is 61.3 Å². The molecule has 1 aromatic carbocycles. The van der Waals surface area contributed by atoms with Gasteiger partial charge in [0, 0.05) is 41.3 Å². The Labute approximate surface area is 197 Å². The quantitative estimate of drug-likeness (QED) is 0.561. The second-order valence-electron chi connectivity index (χ2n) is 10.9. The number of nitrogens with zero attached hydrogens (tertiary/aromatic N) is 2. The molecule has 0 amide bonds. The zero-order chi connectivity index (χ0) is 24.1. The Hall–Kier alpha value is -2.37. The molecule has 0 bridgehead atoms. The van der Waals surface area contributed by atoms with Gasteiger partial charge in [0.25, 0.3) is 5.56 Å². The largest absolute Gasteiger partial charge is 0.389 e. The summed E-state index contributed by atoms with van der Waals surface area (Å²) in [6.07, 6.45) is 2.24. The number of aromatic amines is 1. The first kappa shape index (κ1) is 23.8. The van der Waals surface area contributed by atoms with E-state index in [0.29, 0.717) is 11.8 Å². The Morgan fingerprint density at radius 1 is 1.15 bits per heavy atom. The van der Waals surface area contributed by atoms with Gasteiger partial charge in [-0.25, -0.2) is 0 Å². The van der Waals surface area contributed by atoms with Crippen molar-refractivity contribution in [3.8, 4) is 11.3 Å². The van der Waals surface area contributed by atoms with E-state index in [1.54, 1.807) is 4.57 Å². The summed E-state index contributed by atoms with van der Waals surface area (Å²) in [6, 6.07) is 8.94. The Balaban J connectivity index is 1.72. The highest BCUT2D eigenvalue weighted by atomic mass is 16.3. The maximum Gasteiger partial charge on any atom is 0.253 e. The zero-order valence-electron chi connectivity index (χ0n) is 21.2. The van der Waals surface area contributed by atoms with Gasteiger partial charge in [0.2, 0.25) is 0 Å². The van der Waals surface area contributed by atoms with Crippen molar-refractivity contribution in [2.24, 2.45) is 7.05 Å². The van der Waals surface area contributed by atoms with Crippen molar-refractivity contribution in [3.63, 3.8) is 0 Å². The van der Waals surface area contributed by atoms with Crippen molar-refractivity contribution in [1.82, 2.24) is 14.5 Å². The van der Waals surface area contributed by atoms with Crippen LogP contribution in [0.1, 0.15) is 74.8 Å². The molecule has 5 heteroatoms. The average Bonchev–Trinajstić information content (AvgIpc) is 3.13. The Morgan fingerprint density at radius 2 is 1.82 bits per heavy atom. The van der Waals surface area contributed by atoms with Crippen LogP contribution in [0.3, 0.4) is 0 Å². The number of rotatable bonds is 5. The molecule has 1 fully saturated rings. The molecule has 0 aliphatic carbocycles. The highest BCUT2D eigenvalue weighted by Gasteiger charge is 2.26. The second kappa shape index (κ2) is 8.77. The van der Waals surface area contributed by atoms with Crippen LogP contribution in [0.25, 0.3) is 22.2 Å². The number of β-amino-alcohol motifs (C(OH)–C–C–N with tert-alkyl or cyclic N) is 1. The van der Waals surface area contributed by atoms with E-state index in [2.05, 4.69) is 41.9 Å². The van der Waals surface area contributed by atoms with Crippen molar-refractivity contribution in [3.05, 3.63) is 57.0 Å². The van der Waals surface area contributed by atoms with Crippen LogP contribution in [0.15, 0.2) is 29.1 Å². The van der Waals surface area contributed by atoms with Gasteiger partial charge in [-0.3, -0.25) is 4.79 Å². The standard InChI is InChI=1S/C28H39N3O2/c1-17(2)25-23-15-21(20-10-12-31(13-11-20)16-28(5,6)33)8-9-24(23)29-26(25)22-14-18(3)27(32)30(7)19(22)4/h8-9,14-15,17,20,29,33H,10-13,16H2,1-7H3. The van der Waals surface area contributed by atoms with E-state index in [1.807, 2.05) is 40.8 Å². The SMILES string of the molecule is Cc1cc(-c2[nH]c3ccc(C4CCN(CC(C)(C)O)CC4)cc3c2C(C)C)c(C)n(C)c1=O.